The van der Waals surface area contributed by atoms with E-state index in [4.69, 9.17) is 10.5 Å². The van der Waals surface area contributed by atoms with Gasteiger partial charge < -0.3 is 25.6 Å². The molecule has 0 aromatic rings. The van der Waals surface area contributed by atoms with Crippen molar-refractivity contribution in [2.75, 3.05) is 27.3 Å². The molecule has 9 nitrogen and oxygen atoms in total. The highest BCUT2D eigenvalue weighted by molar-refractivity contribution is 5.84. The minimum absolute atomic E-state index is 0.0478. The lowest BCUT2D eigenvalue weighted by Gasteiger charge is -2.30. The number of alkyl halides is 6. The first-order valence-corrected chi connectivity index (χ1v) is 8.95. The second-order valence-corrected chi connectivity index (χ2v) is 6.84. The summed E-state index contributed by atoms with van der Waals surface area (Å²) in [5.41, 5.74) is 4.03. The molecule has 31 heavy (non-hydrogen) atoms. The summed E-state index contributed by atoms with van der Waals surface area (Å²) in [6, 6.07) is -1.26. The number of nitrogens with zero attached hydrogens (tertiary/aromatic N) is 3. The molecule has 1 unspecified atom stereocenters. The zero-order valence-electron chi connectivity index (χ0n) is 17.4. The highest BCUT2D eigenvalue weighted by atomic mass is 19.4. The molecule has 0 aromatic carbocycles. The lowest BCUT2D eigenvalue weighted by atomic mass is 10.0. The minimum Gasteiger partial charge on any atom is -0.389 e. The molecule has 4 N–H and O–H groups in total. The number of carbonyl (C=O) groups is 1. The van der Waals surface area contributed by atoms with E-state index in [1.54, 1.807) is 0 Å². The number of nitrogens with one attached hydrogen (secondary N) is 1. The fourth-order valence-corrected chi connectivity index (χ4v) is 2.12. The maximum Gasteiger partial charge on any atom is 0.423 e. The van der Waals surface area contributed by atoms with E-state index in [9.17, 15) is 36.2 Å². The predicted octanol–water partition coefficient (Wildman–Crippen LogP) is 1.94. The molecule has 15 heteroatoms. The van der Waals surface area contributed by atoms with Crippen LogP contribution in [0.25, 0.3) is 0 Å². The molecule has 0 aliphatic carbocycles. The first-order valence-electron chi connectivity index (χ1n) is 8.95. The Hall–Kier alpha value is -2.00. The first-order chi connectivity index (χ1) is 14.1. The maximum atomic E-state index is 12.6. The van der Waals surface area contributed by atoms with Crippen LogP contribution in [0.1, 0.15) is 26.7 Å². The van der Waals surface area contributed by atoms with Gasteiger partial charge in [-0.1, -0.05) is 0 Å². The summed E-state index contributed by atoms with van der Waals surface area (Å²) in [7, 11) is 2.59. The molecule has 0 heterocycles. The Morgan fingerprint density at radius 2 is 1.71 bits per heavy atom. The Labute approximate surface area is 175 Å². The van der Waals surface area contributed by atoms with Crippen molar-refractivity contribution in [2.45, 2.75) is 62.9 Å². The van der Waals surface area contributed by atoms with Gasteiger partial charge >= 0.3 is 12.4 Å². The van der Waals surface area contributed by atoms with E-state index in [2.05, 4.69) is 25.3 Å². The third-order valence-electron chi connectivity index (χ3n) is 4.02. The fraction of sp³-hybridized carbons (Fsp3) is 0.875. The Morgan fingerprint density at radius 3 is 2.16 bits per heavy atom. The SMILES string of the molecule is CN=NC(N)=NCCC[C@H](NC(=O)C(C)(C)OC)C(O)COC(C(F)(F)F)C(F)(F)F. The summed E-state index contributed by atoms with van der Waals surface area (Å²) >= 11 is 0. The average Bonchev–Trinajstić information content (AvgIpc) is 2.61. The molecule has 0 fully saturated rings. The van der Waals surface area contributed by atoms with Gasteiger partial charge in [-0.3, -0.25) is 9.79 Å². The van der Waals surface area contributed by atoms with Crippen LogP contribution in [0.3, 0.4) is 0 Å². The van der Waals surface area contributed by atoms with Crippen LogP contribution in [0.5, 0.6) is 0 Å². The number of hydrogen-bond donors (Lipinski definition) is 3. The highest BCUT2D eigenvalue weighted by Crippen LogP contribution is 2.35. The highest BCUT2D eigenvalue weighted by Gasteiger charge is 2.58. The normalized spacial score (nSPS) is 16.1. The summed E-state index contributed by atoms with van der Waals surface area (Å²) in [4.78, 5) is 16.1. The molecule has 0 rings (SSSR count). The second-order valence-electron chi connectivity index (χ2n) is 6.84. The van der Waals surface area contributed by atoms with Crippen molar-refractivity contribution in [3.63, 3.8) is 0 Å². The lowest BCUT2D eigenvalue weighted by Crippen LogP contribution is -2.53. The Morgan fingerprint density at radius 1 is 1.16 bits per heavy atom. The summed E-state index contributed by atoms with van der Waals surface area (Å²) in [6.07, 6.45) is -17.3. The molecule has 0 aliphatic heterocycles. The summed E-state index contributed by atoms with van der Waals surface area (Å²) in [5, 5.41) is 19.3. The zero-order valence-corrected chi connectivity index (χ0v) is 17.4. The largest absolute Gasteiger partial charge is 0.423 e. The molecule has 0 saturated heterocycles. The van der Waals surface area contributed by atoms with Gasteiger partial charge in [-0.2, -0.15) is 31.5 Å². The number of aliphatic hydroxyl groups excluding tert-OH is 1. The predicted molar refractivity (Wildman–Crippen MR) is 97.4 cm³/mol. The Bertz CT molecular complexity index is 611. The first kappa shape index (κ1) is 29.0. The van der Waals surface area contributed by atoms with Crippen LogP contribution in [-0.4, -0.2) is 80.5 Å². The summed E-state index contributed by atoms with van der Waals surface area (Å²) < 4.78 is 84.6. The topological polar surface area (TPSA) is 131 Å². The number of methoxy groups -OCH3 is 1. The van der Waals surface area contributed by atoms with E-state index in [-0.39, 0.29) is 25.3 Å². The van der Waals surface area contributed by atoms with Gasteiger partial charge in [0.15, 0.2) is 0 Å². The zero-order chi connectivity index (χ0) is 24.5. The van der Waals surface area contributed by atoms with Gasteiger partial charge in [0.05, 0.1) is 18.8 Å². The van der Waals surface area contributed by atoms with Crippen LogP contribution in [-0.2, 0) is 14.3 Å². The quantitative estimate of drug-likeness (QED) is 0.141. The molecular weight excluding hydrogens is 440 g/mol. The van der Waals surface area contributed by atoms with Gasteiger partial charge in [0.1, 0.15) is 5.60 Å². The number of ether oxygens (including phenoxy) is 2. The molecule has 1 amide bonds. The van der Waals surface area contributed by atoms with E-state index in [1.807, 2.05) is 0 Å². The van der Waals surface area contributed by atoms with Crippen molar-refractivity contribution in [1.82, 2.24) is 5.32 Å². The third kappa shape index (κ3) is 10.7. The maximum absolute atomic E-state index is 12.6. The summed E-state index contributed by atoms with van der Waals surface area (Å²) in [6.45, 7) is 1.47. The number of nitrogens with two attached hydrogens (primary N) is 1. The monoisotopic (exact) mass is 467 g/mol. The van der Waals surface area contributed by atoms with Gasteiger partial charge in [0.25, 0.3) is 5.91 Å². The summed E-state index contributed by atoms with van der Waals surface area (Å²) in [5.74, 6) is -0.893. The number of aliphatic imine (C=N–C) groups is 1. The van der Waals surface area contributed by atoms with Crippen molar-refractivity contribution in [1.29, 1.82) is 0 Å². The van der Waals surface area contributed by atoms with Crippen LogP contribution < -0.4 is 11.1 Å². The minimum atomic E-state index is -5.73. The van der Waals surface area contributed by atoms with Crippen LogP contribution in [0.2, 0.25) is 0 Å². The standard InChI is InChI=1S/C16H27F6N5O4/c1-14(2,30-4)12(29)26-9(6-5-7-25-13(23)27-24-3)10(28)8-31-11(15(17,18)19)16(20,21)22/h9-11,28H,5-8H2,1-4H3,(H2,23,25)(H,26,29)/t9-,10?/m0/s1. The number of halogens is 6. The van der Waals surface area contributed by atoms with Crippen molar-refractivity contribution in [3.8, 4) is 0 Å². The molecule has 0 aliphatic rings. The molecule has 0 spiro atoms. The molecular formula is C16H27F6N5O4. The molecule has 0 radical (unpaired) electrons. The number of aliphatic hydroxyl groups is 1. The number of guanidine groups is 1. The second kappa shape index (κ2) is 12.1. The number of azo groups is 1. The fourth-order valence-electron chi connectivity index (χ4n) is 2.12. The van der Waals surface area contributed by atoms with Gasteiger partial charge in [0.2, 0.25) is 12.1 Å². The van der Waals surface area contributed by atoms with E-state index in [0.29, 0.717) is 0 Å². The van der Waals surface area contributed by atoms with Crippen LogP contribution in [0.15, 0.2) is 15.2 Å². The van der Waals surface area contributed by atoms with Gasteiger partial charge in [-0.05, 0) is 26.7 Å². The van der Waals surface area contributed by atoms with Gasteiger partial charge in [-0.15, -0.1) is 5.11 Å². The number of rotatable bonds is 11. The van der Waals surface area contributed by atoms with Crippen LogP contribution in [0, 0.1) is 0 Å². The van der Waals surface area contributed by atoms with E-state index in [0.717, 1.165) is 0 Å². The van der Waals surface area contributed by atoms with E-state index >= 15 is 0 Å². The van der Waals surface area contributed by atoms with Crippen LogP contribution in [0.4, 0.5) is 26.3 Å². The number of carbonyl (C=O) groups excluding carboxylic acids is 1. The molecule has 0 saturated carbocycles. The Kier molecular flexibility index (Phi) is 11.4. The van der Waals surface area contributed by atoms with Crippen molar-refractivity contribution in [2.24, 2.45) is 21.0 Å². The van der Waals surface area contributed by atoms with Crippen molar-refractivity contribution >= 4 is 11.9 Å². The molecule has 0 bridgehead atoms. The van der Waals surface area contributed by atoms with Gasteiger partial charge in [-0.25, -0.2) is 0 Å². The lowest BCUT2D eigenvalue weighted by molar-refractivity contribution is -0.325. The number of amides is 1. The van der Waals surface area contributed by atoms with Gasteiger partial charge in [0, 0.05) is 20.7 Å². The third-order valence-corrected chi connectivity index (χ3v) is 4.02. The van der Waals surface area contributed by atoms with Crippen LogP contribution >= 0.6 is 0 Å². The van der Waals surface area contributed by atoms with Crippen molar-refractivity contribution in [3.05, 3.63) is 0 Å². The van der Waals surface area contributed by atoms with Crippen molar-refractivity contribution < 1.29 is 45.7 Å². The average molecular weight is 467 g/mol. The molecule has 182 valence electrons. The smallest absolute Gasteiger partial charge is 0.389 e. The number of hydrogen-bond acceptors (Lipinski definition) is 6. The Balaban J connectivity index is 5.28. The molecule has 0 aromatic heterocycles. The van der Waals surface area contributed by atoms with E-state index < -0.39 is 48.7 Å². The van der Waals surface area contributed by atoms with E-state index in [1.165, 1.54) is 28.0 Å². The molecule has 2 atom stereocenters.